The fraction of sp³-hybridized carbons (Fsp3) is 0.667. The summed E-state index contributed by atoms with van der Waals surface area (Å²) in [6, 6.07) is 8.30. The number of rotatable bonds is 4. The van der Waals surface area contributed by atoms with Gasteiger partial charge >= 0.3 is 0 Å². The smallest absolute Gasteiger partial charge is 0.0292 e. The van der Waals surface area contributed by atoms with Gasteiger partial charge in [-0.3, -0.25) is 0 Å². The molecule has 2 nitrogen and oxygen atoms in total. The van der Waals surface area contributed by atoms with E-state index < -0.39 is 0 Å². The molecule has 1 saturated heterocycles. The molecule has 0 radical (unpaired) electrons. The van der Waals surface area contributed by atoms with Gasteiger partial charge in [0.05, 0.1) is 0 Å². The van der Waals surface area contributed by atoms with Gasteiger partial charge in [-0.25, -0.2) is 0 Å². The molecule has 0 bridgehead atoms. The SMILES string of the molecule is CC(NCC1CCCCN1C)c1ccc2c(c1)CCC2. The van der Waals surface area contributed by atoms with Crippen molar-refractivity contribution >= 4 is 0 Å². The molecule has 0 amide bonds. The Hall–Kier alpha value is -0.860. The lowest BCUT2D eigenvalue weighted by atomic mass is 10.00. The van der Waals surface area contributed by atoms with Crippen molar-refractivity contribution in [1.82, 2.24) is 10.2 Å². The Morgan fingerprint density at radius 2 is 2.05 bits per heavy atom. The molecular formula is C18H28N2. The molecule has 1 aromatic rings. The van der Waals surface area contributed by atoms with Crippen molar-refractivity contribution in [2.24, 2.45) is 0 Å². The minimum absolute atomic E-state index is 0.469. The molecule has 0 aromatic heterocycles. The van der Waals surface area contributed by atoms with Crippen LogP contribution < -0.4 is 5.32 Å². The van der Waals surface area contributed by atoms with Crippen molar-refractivity contribution in [2.45, 2.75) is 57.5 Å². The molecule has 20 heavy (non-hydrogen) atoms. The summed E-state index contributed by atoms with van der Waals surface area (Å²) < 4.78 is 0. The van der Waals surface area contributed by atoms with Crippen molar-refractivity contribution in [3.05, 3.63) is 34.9 Å². The van der Waals surface area contributed by atoms with E-state index in [4.69, 9.17) is 0 Å². The van der Waals surface area contributed by atoms with Gasteiger partial charge in [0.15, 0.2) is 0 Å². The molecule has 3 rings (SSSR count). The molecule has 0 saturated carbocycles. The van der Waals surface area contributed by atoms with Crippen LogP contribution in [-0.4, -0.2) is 31.1 Å². The quantitative estimate of drug-likeness (QED) is 0.904. The first-order valence-corrected chi connectivity index (χ1v) is 8.29. The van der Waals surface area contributed by atoms with E-state index in [0.29, 0.717) is 6.04 Å². The fourth-order valence-electron chi connectivity index (χ4n) is 3.69. The number of aryl methyl sites for hydroxylation is 2. The van der Waals surface area contributed by atoms with Crippen LogP contribution in [0.25, 0.3) is 0 Å². The fourth-order valence-corrected chi connectivity index (χ4v) is 3.69. The number of likely N-dealkylation sites (tertiary alicyclic amines) is 1. The zero-order valence-electron chi connectivity index (χ0n) is 13.0. The molecule has 2 atom stereocenters. The zero-order chi connectivity index (χ0) is 13.9. The summed E-state index contributed by atoms with van der Waals surface area (Å²) in [5, 5.41) is 3.75. The molecule has 1 aliphatic heterocycles. The summed E-state index contributed by atoms with van der Waals surface area (Å²) in [4.78, 5) is 2.52. The van der Waals surface area contributed by atoms with Crippen LogP contribution in [0, 0.1) is 0 Å². The van der Waals surface area contributed by atoms with E-state index in [2.05, 4.69) is 42.4 Å². The van der Waals surface area contributed by atoms with Gasteiger partial charge in [-0.1, -0.05) is 24.6 Å². The lowest BCUT2D eigenvalue weighted by Crippen LogP contribution is -2.43. The van der Waals surface area contributed by atoms with Crippen LogP contribution in [0.2, 0.25) is 0 Å². The molecule has 1 fully saturated rings. The Labute approximate surface area is 123 Å². The maximum Gasteiger partial charge on any atom is 0.0292 e. The predicted octanol–water partition coefficient (Wildman–Crippen LogP) is 3.31. The number of nitrogens with zero attached hydrogens (tertiary/aromatic N) is 1. The molecule has 110 valence electrons. The van der Waals surface area contributed by atoms with Crippen LogP contribution in [0.1, 0.15) is 55.3 Å². The standard InChI is InChI=1S/C18H28N2/c1-14(19-13-18-8-3-4-11-20(18)2)16-10-9-15-6-5-7-17(15)12-16/h9-10,12,14,18-19H,3-8,11,13H2,1-2H3. The van der Waals surface area contributed by atoms with Crippen LogP contribution in [0.5, 0.6) is 0 Å². The Kier molecular flexibility index (Phi) is 4.42. The Morgan fingerprint density at radius 1 is 1.20 bits per heavy atom. The van der Waals surface area contributed by atoms with Gasteiger partial charge in [-0.15, -0.1) is 0 Å². The van der Waals surface area contributed by atoms with Gasteiger partial charge in [0.25, 0.3) is 0 Å². The lowest BCUT2D eigenvalue weighted by Gasteiger charge is -2.33. The number of piperidine rings is 1. The minimum atomic E-state index is 0.469. The van der Waals surface area contributed by atoms with Crippen LogP contribution >= 0.6 is 0 Å². The number of hydrogen-bond acceptors (Lipinski definition) is 2. The van der Waals surface area contributed by atoms with E-state index in [1.165, 1.54) is 50.6 Å². The summed E-state index contributed by atoms with van der Waals surface area (Å²) in [7, 11) is 2.27. The second-order valence-electron chi connectivity index (χ2n) is 6.64. The third kappa shape index (κ3) is 3.07. The molecule has 2 heteroatoms. The second kappa shape index (κ2) is 6.28. The van der Waals surface area contributed by atoms with Crippen LogP contribution in [0.15, 0.2) is 18.2 Å². The Bertz CT molecular complexity index is 455. The van der Waals surface area contributed by atoms with E-state index >= 15 is 0 Å². The van der Waals surface area contributed by atoms with Crippen molar-refractivity contribution in [2.75, 3.05) is 20.1 Å². The van der Waals surface area contributed by atoms with Crippen LogP contribution in [0.3, 0.4) is 0 Å². The molecule has 2 aliphatic rings. The number of likely N-dealkylation sites (N-methyl/N-ethyl adjacent to an activating group) is 1. The highest BCUT2D eigenvalue weighted by molar-refractivity contribution is 5.36. The first kappa shape index (κ1) is 14.1. The first-order chi connectivity index (χ1) is 9.74. The maximum absolute atomic E-state index is 3.75. The predicted molar refractivity (Wildman–Crippen MR) is 85.2 cm³/mol. The average molecular weight is 272 g/mol. The van der Waals surface area contributed by atoms with Crippen molar-refractivity contribution in [1.29, 1.82) is 0 Å². The highest BCUT2D eigenvalue weighted by Gasteiger charge is 2.19. The van der Waals surface area contributed by atoms with E-state index in [9.17, 15) is 0 Å². The molecular weight excluding hydrogens is 244 g/mol. The second-order valence-corrected chi connectivity index (χ2v) is 6.64. The van der Waals surface area contributed by atoms with Crippen molar-refractivity contribution in [3.63, 3.8) is 0 Å². The summed E-state index contributed by atoms with van der Waals surface area (Å²) in [6.45, 7) is 4.69. The van der Waals surface area contributed by atoms with Gasteiger partial charge < -0.3 is 10.2 Å². The molecule has 1 heterocycles. The third-order valence-electron chi connectivity index (χ3n) is 5.20. The average Bonchev–Trinajstić information content (AvgIpc) is 2.93. The summed E-state index contributed by atoms with van der Waals surface area (Å²) in [5.41, 5.74) is 4.63. The normalized spacial score (nSPS) is 24.6. The van der Waals surface area contributed by atoms with Gasteiger partial charge in [0.2, 0.25) is 0 Å². The first-order valence-electron chi connectivity index (χ1n) is 8.29. The summed E-state index contributed by atoms with van der Waals surface area (Å²) >= 11 is 0. The molecule has 1 aliphatic carbocycles. The summed E-state index contributed by atoms with van der Waals surface area (Å²) in [5.74, 6) is 0. The van der Waals surface area contributed by atoms with E-state index in [1.807, 2.05) is 0 Å². The van der Waals surface area contributed by atoms with Crippen molar-refractivity contribution in [3.8, 4) is 0 Å². The molecule has 0 spiro atoms. The topological polar surface area (TPSA) is 15.3 Å². The van der Waals surface area contributed by atoms with Crippen LogP contribution in [0.4, 0.5) is 0 Å². The van der Waals surface area contributed by atoms with Gasteiger partial charge in [-0.05, 0) is 69.3 Å². The number of fused-ring (bicyclic) bond motifs is 1. The lowest BCUT2D eigenvalue weighted by molar-refractivity contribution is 0.178. The highest BCUT2D eigenvalue weighted by atomic mass is 15.2. The number of benzene rings is 1. The minimum Gasteiger partial charge on any atom is -0.309 e. The van der Waals surface area contributed by atoms with Crippen molar-refractivity contribution < 1.29 is 0 Å². The van der Waals surface area contributed by atoms with E-state index in [0.717, 1.165) is 12.6 Å². The zero-order valence-corrected chi connectivity index (χ0v) is 13.0. The Morgan fingerprint density at radius 3 is 2.90 bits per heavy atom. The van der Waals surface area contributed by atoms with Crippen LogP contribution in [-0.2, 0) is 12.8 Å². The number of nitrogens with one attached hydrogen (secondary N) is 1. The van der Waals surface area contributed by atoms with Gasteiger partial charge in [0, 0.05) is 18.6 Å². The van der Waals surface area contributed by atoms with E-state index in [1.54, 1.807) is 11.1 Å². The monoisotopic (exact) mass is 272 g/mol. The maximum atomic E-state index is 3.75. The van der Waals surface area contributed by atoms with Gasteiger partial charge in [0.1, 0.15) is 0 Å². The van der Waals surface area contributed by atoms with Gasteiger partial charge in [-0.2, -0.15) is 0 Å². The Balaban J connectivity index is 1.57. The number of hydrogen-bond donors (Lipinski definition) is 1. The third-order valence-corrected chi connectivity index (χ3v) is 5.20. The summed E-state index contributed by atoms with van der Waals surface area (Å²) in [6.07, 6.45) is 8.01. The molecule has 1 N–H and O–H groups in total. The molecule has 1 aromatic carbocycles. The molecule has 2 unspecified atom stereocenters. The van der Waals surface area contributed by atoms with E-state index in [-0.39, 0.29) is 0 Å². The highest BCUT2D eigenvalue weighted by Crippen LogP contribution is 2.25. The largest absolute Gasteiger partial charge is 0.309 e.